The molecule has 6 heteroatoms. The maximum Gasteiger partial charge on any atom is 0.223 e. The van der Waals surface area contributed by atoms with Crippen molar-refractivity contribution < 1.29 is 4.74 Å². The maximum atomic E-state index is 5.83. The van der Waals surface area contributed by atoms with Crippen LogP contribution in [-0.2, 0) is 5.41 Å². The Kier molecular flexibility index (Phi) is 4.87. The van der Waals surface area contributed by atoms with E-state index in [1.54, 1.807) is 6.07 Å². The first-order valence-corrected chi connectivity index (χ1v) is 8.31. The summed E-state index contributed by atoms with van der Waals surface area (Å²) in [6.07, 6.45) is 0. The highest BCUT2D eigenvalue weighted by Gasteiger charge is 2.19. The van der Waals surface area contributed by atoms with Crippen molar-refractivity contribution in [3.05, 3.63) is 43.6 Å². The van der Waals surface area contributed by atoms with Crippen LogP contribution in [-0.4, -0.2) is 9.97 Å². The summed E-state index contributed by atoms with van der Waals surface area (Å²) in [5.74, 6) is 1.95. The van der Waals surface area contributed by atoms with Crippen LogP contribution in [0.2, 0.25) is 0 Å². The summed E-state index contributed by atoms with van der Waals surface area (Å²) in [6, 6.07) is 7.47. The van der Waals surface area contributed by atoms with E-state index in [0.717, 1.165) is 14.8 Å². The molecule has 0 saturated carbocycles. The van der Waals surface area contributed by atoms with E-state index in [4.69, 9.17) is 4.74 Å². The van der Waals surface area contributed by atoms with Crippen LogP contribution >= 0.6 is 47.8 Å². The number of aromatic nitrogens is 2. The fourth-order valence-corrected chi connectivity index (χ4v) is 2.95. The van der Waals surface area contributed by atoms with Gasteiger partial charge in [-0.3, -0.25) is 0 Å². The Bertz CT molecular complexity index is 639. The van der Waals surface area contributed by atoms with Gasteiger partial charge in [0.05, 0.1) is 4.47 Å². The largest absolute Gasteiger partial charge is 0.438 e. The molecule has 0 saturated heterocycles. The van der Waals surface area contributed by atoms with Gasteiger partial charge < -0.3 is 4.74 Å². The van der Waals surface area contributed by atoms with E-state index in [1.165, 1.54) is 0 Å². The lowest BCUT2D eigenvalue weighted by Gasteiger charge is -2.17. The van der Waals surface area contributed by atoms with Crippen molar-refractivity contribution >= 4 is 47.8 Å². The molecule has 0 fully saturated rings. The van der Waals surface area contributed by atoms with E-state index in [0.29, 0.717) is 16.2 Å². The van der Waals surface area contributed by atoms with Gasteiger partial charge >= 0.3 is 0 Å². The zero-order valence-electron chi connectivity index (χ0n) is 11.2. The Morgan fingerprint density at radius 2 is 1.70 bits per heavy atom. The van der Waals surface area contributed by atoms with E-state index in [9.17, 15) is 0 Å². The third-order valence-corrected chi connectivity index (χ3v) is 3.97. The van der Waals surface area contributed by atoms with Crippen LogP contribution in [0.3, 0.4) is 0 Å². The molecule has 1 aromatic heterocycles. The fraction of sp³-hybridized carbons (Fsp3) is 0.286. The van der Waals surface area contributed by atoms with Gasteiger partial charge in [-0.1, -0.05) is 36.7 Å². The molecule has 0 aliphatic rings. The molecule has 0 N–H and O–H groups in total. The molecule has 0 aliphatic heterocycles. The van der Waals surface area contributed by atoms with Crippen LogP contribution in [0.15, 0.2) is 37.8 Å². The number of hydrogen-bond acceptors (Lipinski definition) is 3. The van der Waals surface area contributed by atoms with E-state index in [1.807, 2.05) is 18.2 Å². The molecule has 106 valence electrons. The van der Waals surface area contributed by atoms with Gasteiger partial charge in [-0.05, 0) is 50.1 Å². The third-order valence-electron chi connectivity index (χ3n) is 2.45. The number of benzene rings is 1. The Labute approximate surface area is 143 Å². The van der Waals surface area contributed by atoms with Crippen LogP contribution in [0, 0.1) is 0 Å². The molecular weight excluding hydrogens is 452 g/mol. The first kappa shape index (κ1) is 15.9. The Morgan fingerprint density at radius 3 is 2.30 bits per heavy atom. The van der Waals surface area contributed by atoms with Crippen LogP contribution in [0.25, 0.3) is 0 Å². The lowest BCUT2D eigenvalue weighted by molar-refractivity contribution is 0.442. The highest BCUT2D eigenvalue weighted by atomic mass is 79.9. The summed E-state index contributed by atoms with van der Waals surface area (Å²) >= 11 is 10.3. The van der Waals surface area contributed by atoms with Gasteiger partial charge in [-0.2, -0.15) is 4.98 Å². The molecule has 3 nitrogen and oxygen atoms in total. The topological polar surface area (TPSA) is 35.0 Å². The molecular formula is C14H13Br3N2O. The number of hydrogen-bond donors (Lipinski definition) is 0. The summed E-state index contributed by atoms with van der Waals surface area (Å²) in [5, 5.41) is 0. The second-order valence-corrected chi connectivity index (χ2v) is 7.86. The second-order valence-electron chi connectivity index (χ2n) is 5.28. The summed E-state index contributed by atoms with van der Waals surface area (Å²) in [5.41, 5.74) is -0.140. The van der Waals surface area contributed by atoms with Crippen molar-refractivity contribution in [1.82, 2.24) is 9.97 Å². The molecule has 0 unspecified atom stereocenters. The first-order valence-electron chi connectivity index (χ1n) is 5.94. The maximum absolute atomic E-state index is 5.83. The SMILES string of the molecule is CC(C)(C)c1nc(Br)cc(Oc2ccc(Br)cc2Br)n1. The lowest BCUT2D eigenvalue weighted by atomic mass is 9.96. The monoisotopic (exact) mass is 462 g/mol. The van der Waals surface area contributed by atoms with Gasteiger partial charge in [-0.15, -0.1) is 0 Å². The normalized spacial score (nSPS) is 11.5. The zero-order valence-corrected chi connectivity index (χ0v) is 16.0. The van der Waals surface area contributed by atoms with E-state index in [2.05, 4.69) is 78.5 Å². The lowest BCUT2D eigenvalue weighted by Crippen LogP contribution is -2.16. The quantitative estimate of drug-likeness (QED) is 0.522. The molecule has 1 heterocycles. The minimum Gasteiger partial charge on any atom is -0.438 e. The summed E-state index contributed by atoms with van der Waals surface area (Å²) in [4.78, 5) is 8.86. The summed E-state index contributed by atoms with van der Waals surface area (Å²) in [6.45, 7) is 6.19. The van der Waals surface area contributed by atoms with Gasteiger partial charge in [0.25, 0.3) is 0 Å². The van der Waals surface area contributed by atoms with Crippen molar-refractivity contribution in [2.24, 2.45) is 0 Å². The van der Waals surface area contributed by atoms with Crippen molar-refractivity contribution in [2.45, 2.75) is 26.2 Å². The van der Waals surface area contributed by atoms with Crippen LogP contribution in [0.4, 0.5) is 0 Å². The van der Waals surface area contributed by atoms with Crippen LogP contribution in [0.5, 0.6) is 11.6 Å². The molecule has 0 atom stereocenters. The summed E-state index contributed by atoms with van der Waals surface area (Å²) < 4.78 is 8.38. The molecule has 0 radical (unpaired) electrons. The average molecular weight is 465 g/mol. The van der Waals surface area contributed by atoms with Crippen molar-refractivity contribution in [3.8, 4) is 11.6 Å². The Morgan fingerprint density at radius 1 is 1.00 bits per heavy atom. The minimum atomic E-state index is -0.140. The molecule has 0 spiro atoms. The van der Waals surface area contributed by atoms with Crippen LogP contribution < -0.4 is 4.74 Å². The standard InChI is InChI=1S/C14H13Br3N2O/c1-14(2,3)13-18-11(17)7-12(19-13)20-10-5-4-8(15)6-9(10)16/h4-7H,1-3H3. The average Bonchev–Trinajstić information content (AvgIpc) is 2.31. The van der Waals surface area contributed by atoms with Gasteiger partial charge in [0, 0.05) is 16.0 Å². The molecule has 0 aliphatic carbocycles. The Hall–Kier alpha value is -0.460. The third kappa shape index (κ3) is 4.02. The van der Waals surface area contributed by atoms with Crippen LogP contribution in [0.1, 0.15) is 26.6 Å². The highest BCUT2D eigenvalue weighted by molar-refractivity contribution is 9.11. The highest BCUT2D eigenvalue weighted by Crippen LogP contribution is 2.32. The van der Waals surface area contributed by atoms with Gasteiger partial charge in [-0.25, -0.2) is 4.98 Å². The summed E-state index contributed by atoms with van der Waals surface area (Å²) in [7, 11) is 0. The predicted molar refractivity (Wildman–Crippen MR) is 90.3 cm³/mol. The Balaban J connectivity index is 2.36. The van der Waals surface area contributed by atoms with E-state index >= 15 is 0 Å². The first-order chi connectivity index (χ1) is 9.25. The molecule has 2 rings (SSSR count). The van der Waals surface area contributed by atoms with Gasteiger partial charge in [0.2, 0.25) is 5.88 Å². The van der Waals surface area contributed by atoms with Gasteiger partial charge in [0.15, 0.2) is 0 Å². The fourth-order valence-electron chi connectivity index (χ4n) is 1.46. The molecule has 0 amide bonds. The molecule has 2 aromatic rings. The van der Waals surface area contributed by atoms with Crippen molar-refractivity contribution in [3.63, 3.8) is 0 Å². The predicted octanol–water partition coefficient (Wildman–Crippen LogP) is 5.85. The van der Waals surface area contributed by atoms with Crippen molar-refractivity contribution in [2.75, 3.05) is 0 Å². The van der Waals surface area contributed by atoms with E-state index < -0.39 is 0 Å². The molecule has 1 aromatic carbocycles. The molecule has 20 heavy (non-hydrogen) atoms. The number of halogens is 3. The van der Waals surface area contributed by atoms with Gasteiger partial charge in [0.1, 0.15) is 16.2 Å². The smallest absolute Gasteiger partial charge is 0.223 e. The van der Waals surface area contributed by atoms with E-state index in [-0.39, 0.29) is 5.41 Å². The minimum absolute atomic E-state index is 0.140. The second kappa shape index (κ2) is 6.12. The zero-order chi connectivity index (χ0) is 14.9. The molecule has 0 bridgehead atoms. The van der Waals surface area contributed by atoms with Crippen molar-refractivity contribution in [1.29, 1.82) is 0 Å². The number of rotatable bonds is 2. The number of nitrogens with zero attached hydrogens (tertiary/aromatic N) is 2. The number of ether oxygens (including phenoxy) is 1.